The molecule has 2 heterocycles. The molecule has 23 heavy (non-hydrogen) atoms. The molecule has 2 aromatic rings. The number of rotatable bonds is 6. The SMILES string of the molecule is Fc1cc(F)cc(CC2CNCC2CCNc2ccncc2)c1. The summed E-state index contributed by atoms with van der Waals surface area (Å²) >= 11 is 0. The van der Waals surface area contributed by atoms with Crippen molar-refractivity contribution in [2.24, 2.45) is 11.8 Å². The largest absolute Gasteiger partial charge is 0.385 e. The van der Waals surface area contributed by atoms with Crippen LogP contribution in [0.5, 0.6) is 0 Å². The van der Waals surface area contributed by atoms with Crippen LogP contribution in [0.25, 0.3) is 0 Å². The van der Waals surface area contributed by atoms with Gasteiger partial charge in [-0.05, 0) is 67.6 Å². The molecule has 1 aromatic carbocycles. The topological polar surface area (TPSA) is 37.0 Å². The zero-order valence-corrected chi connectivity index (χ0v) is 12.9. The standard InChI is InChI=1S/C18H21F2N3/c19-16-8-13(9-17(20)10-16)7-15-12-22-11-14(15)1-6-23-18-2-4-21-5-3-18/h2-5,8-10,14-15,22H,1,6-7,11-12H2,(H,21,23). The minimum atomic E-state index is -0.498. The van der Waals surface area contributed by atoms with E-state index in [1.165, 1.54) is 12.1 Å². The normalized spacial score (nSPS) is 20.6. The number of hydrogen-bond acceptors (Lipinski definition) is 3. The lowest BCUT2D eigenvalue weighted by atomic mass is 9.87. The van der Waals surface area contributed by atoms with Crippen molar-refractivity contribution in [1.82, 2.24) is 10.3 Å². The smallest absolute Gasteiger partial charge is 0.126 e. The fraction of sp³-hybridized carbons (Fsp3) is 0.389. The lowest BCUT2D eigenvalue weighted by Gasteiger charge is -2.19. The van der Waals surface area contributed by atoms with Crippen molar-refractivity contribution in [2.75, 3.05) is 25.0 Å². The van der Waals surface area contributed by atoms with Crippen LogP contribution in [0.15, 0.2) is 42.7 Å². The fourth-order valence-electron chi connectivity index (χ4n) is 3.27. The number of hydrogen-bond donors (Lipinski definition) is 2. The number of nitrogens with one attached hydrogen (secondary N) is 2. The molecule has 0 amide bonds. The van der Waals surface area contributed by atoms with E-state index >= 15 is 0 Å². The maximum atomic E-state index is 13.3. The van der Waals surface area contributed by atoms with Gasteiger partial charge in [0.15, 0.2) is 0 Å². The van der Waals surface area contributed by atoms with Gasteiger partial charge in [-0.2, -0.15) is 0 Å². The lowest BCUT2D eigenvalue weighted by Crippen LogP contribution is -2.18. The highest BCUT2D eigenvalue weighted by Gasteiger charge is 2.26. The van der Waals surface area contributed by atoms with Gasteiger partial charge in [-0.15, -0.1) is 0 Å². The van der Waals surface area contributed by atoms with Crippen molar-refractivity contribution in [3.8, 4) is 0 Å². The first kappa shape index (κ1) is 15.9. The summed E-state index contributed by atoms with van der Waals surface area (Å²) in [4.78, 5) is 3.99. The third-order valence-corrected chi connectivity index (χ3v) is 4.42. The highest BCUT2D eigenvalue weighted by Crippen LogP contribution is 2.25. The zero-order chi connectivity index (χ0) is 16.1. The number of benzene rings is 1. The molecule has 1 saturated heterocycles. The molecule has 2 unspecified atom stereocenters. The second kappa shape index (κ2) is 7.51. The van der Waals surface area contributed by atoms with Crippen molar-refractivity contribution >= 4 is 5.69 Å². The first-order valence-corrected chi connectivity index (χ1v) is 8.00. The second-order valence-corrected chi connectivity index (χ2v) is 6.11. The predicted octanol–water partition coefficient (Wildman–Crippen LogP) is 3.24. The van der Waals surface area contributed by atoms with Gasteiger partial charge in [0.05, 0.1) is 0 Å². The molecule has 2 N–H and O–H groups in total. The summed E-state index contributed by atoms with van der Waals surface area (Å²) in [5, 5.41) is 6.78. The highest BCUT2D eigenvalue weighted by molar-refractivity contribution is 5.40. The molecule has 1 fully saturated rings. The van der Waals surface area contributed by atoms with Crippen LogP contribution < -0.4 is 10.6 Å². The van der Waals surface area contributed by atoms with Crippen molar-refractivity contribution < 1.29 is 8.78 Å². The van der Waals surface area contributed by atoms with Gasteiger partial charge in [0.2, 0.25) is 0 Å². The third-order valence-electron chi connectivity index (χ3n) is 4.42. The van der Waals surface area contributed by atoms with Crippen LogP contribution in [-0.2, 0) is 6.42 Å². The molecule has 0 saturated carbocycles. The van der Waals surface area contributed by atoms with E-state index in [9.17, 15) is 8.78 Å². The number of nitrogens with zero attached hydrogens (tertiary/aromatic N) is 1. The van der Waals surface area contributed by atoms with Crippen molar-refractivity contribution in [3.63, 3.8) is 0 Å². The summed E-state index contributed by atoms with van der Waals surface area (Å²) in [6, 6.07) is 7.69. The van der Waals surface area contributed by atoms with Gasteiger partial charge in [0.25, 0.3) is 0 Å². The molecule has 1 aliphatic heterocycles. The van der Waals surface area contributed by atoms with Crippen LogP contribution in [0, 0.1) is 23.5 Å². The monoisotopic (exact) mass is 317 g/mol. The van der Waals surface area contributed by atoms with Crippen molar-refractivity contribution in [2.45, 2.75) is 12.8 Å². The average Bonchev–Trinajstić information content (AvgIpc) is 2.94. The quantitative estimate of drug-likeness (QED) is 0.859. The Labute approximate surface area is 135 Å². The predicted molar refractivity (Wildman–Crippen MR) is 87.3 cm³/mol. The maximum absolute atomic E-state index is 13.3. The van der Waals surface area contributed by atoms with Gasteiger partial charge in [0, 0.05) is 30.7 Å². The highest BCUT2D eigenvalue weighted by atomic mass is 19.1. The molecule has 122 valence electrons. The average molecular weight is 317 g/mol. The molecule has 3 nitrogen and oxygen atoms in total. The van der Waals surface area contributed by atoms with Gasteiger partial charge in [0.1, 0.15) is 11.6 Å². The molecule has 1 aromatic heterocycles. The fourth-order valence-corrected chi connectivity index (χ4v) is 3.27. The number of pyridine rings is 1. The van der Waals surface area contributed by atoms with E-state index < -0.39 is 11.6 Å². The van der Waals surface area contributed by atoms with Crippen LogP contribution >= 0.6 is 0 Å². The molecule has 0 bridgehead atoms. The molecule has 0 aliphatic carbocycles. The van der Waals surface area contributed by atoms with E-state index in [1.54, 1.807) is 12.4 Å². The van der Waals surface area contributed by atoms with Crippen molar-refractivity contribution in [1.29, 1.82) is 0 Å². The first-order valence-electron chi connectivity index (χ1n) is 8.00. The van der Waals surface area contributed by atoms with Crippen LogP contribution in [-0.4, -0.2) is 24.6 Å². The van der Waals surface area contributed by atoms with Gasteiger partial charge < -0.3 is 10.6 Å². The Bertz CT molecular complexity index is 613. The number of halogens is 2. The van der Waals surface area contributed by atoms with E-state index in [0.717, 1.165) is 43.4 Å². The van der Waals surface area contributed by atoms with Gasteiger partial charge in [-0.3, -0.25) is 4.98 Å². The van der Waals surface area contributed by atoms with Crippen LogP contribution in [0.2, 0.25) is 0 Å². The Kier molecular flexibility index (Phi) is 5.18. The van der Waals surface area contributed by atoms with Crippen LogP contribution in [0.3, 0.4) is 0 Å². The lowest BCUT2D eigenvalue weighted by molar-refractivity contribution is 0.399. The number of anilines is 1. The summed E-state index contributed by atoms with van der Waals surface area (Å²) < 4.78 is 26.6. The summed E-state index contributed by atoms with van der Waals surface area (Å²) in [6.07, 6.45) is 5.26. The van der Waals surface area contributed by atoms with Gasteiger partial charge in [-0.1, -0.05) is 0 Å². The molecule has 0 spiro atoms. The Balaban J connectivity index is 1.53. The molecule has 0 radical (unpaired) electrons. The van der Waals surface area contributed by atoms with E-state index in [-0.39, 0.29) is 0 Å². The minimum Gasteiger partial charge on any atom is -0.385 e. The Morgan fingerprint density at radius 3 is 2.48 bits per heavy atom. The molecule has 1 aliphatic rings. The van der Waals surface area contributed by atoms with Crippen LogP contribution in [0.1, 0.15) is 12.0 Å². The summed E-state index contributed by atoms with van der Waals surface area (Å²) in [7, 11) is 0. The van der Waals surface area contributed by atoms with Crippen molar-refractivity contribution in [3.05, 3.63) is 59.9 Å². The van der Waals surface area contributed by atoms with E-state index in [0.29, 0.717) is 18.3 Å². The zero-order valence-electron chi connectivity index (χ0n) is 12.9. The van der Waals surface area contributed by atoms with Gasteiger partial charge >= 0.3 is 0 Å². The van der Waals surface area contributed by atoms with Gasteiger partial charge in [-0.25, -0.2) is 8.78 Å². The second-order valence-electron chi connectivity index (χ2n) is 6.11. The summed E-state index contributed by atoms with van der Waals surface area (Å²) in [5.74, 6) is -0.0742. The van der Waals surface area contributed by atoms with E-state index in [1.807, 2.05) is 12.1 Å². The Morgan fingerprint density at radius 1 is 1.04 bits per heavy atom. The maximum Gasteiger partial charge on any atom is 0.126 e. The molecule has 5 heteroatoms. The van der Waals surface area contributed by atoms with E-state index in [2.05, 4.69) is 15.6 Å². The Morgan fingerprint density at radius 2 is 1.74 bits per heavy atom. The summed E-state index contributed by atoms with van der Waals surface area (Å²) in [5.41, 5.74) is 1.80. The molecule has 3 rings (SSSR count). The first-order chi connectivity index (χ1) is 11.2. The third kappa shape index (κ3) is 4.48. The van der Waals surface area contributed by atoms with E-state index in [4.69, 9.17) is 0 Å². The minimum absolute atomic E-state index is 0.412. The summed E-state index contributed by atoms with van der Waals surface area (Å²) in [6.45, 7) is 2.74. The Hall–Kier alpha value is -2.01. The number of aromatic nitrogens is 1. The van der Waals surface area contributed by atoms with Crippen LogP contribution in [0.4, 0.5) is 14.5 Å². The molecular formula is C18H21F2N3. The molecule has 2 atom stereocenters. The molecular weight excluding hydrogens is 296 g/mol.